The molecule has 1 N–H and O–H groups in total. The first-order chi connectivity index (χ1) is 13.2. The summed E-state index contributed by atoms with van der Waals surface area (Å²) in [4.78, 5) is 5.97. The van der Waals surface area contributed by atoms with Crippen LogP contribution in [0.5, 0.6) is 5.75 Å². The Morgan fingerprint density at radius 3 is 2.93 bits per heavy atom. The Balaban J connectivity index is 1.39. The van der Waals surface area contributed by atoms with E-state index in [0.717, 1.165) is 27.2 Å². The van der Waals surface area contributed by atoms with E-state index >= 15 is 0 Å². The number of thiophene rings is 1. The summed E-state index contributed by atoms with van der Waals surface area (Å²) < 4.78 is 12.1. The molecule has 27 heavy (non-hydrogen) atoms. The average molecular weight is 381 g/mol. The monoisotopic (exact) mass is 381 g/mol. The van der Waals surface area contributed by atoms with Crippen LogP contribution in [0.25, 0.3) is 21.5 Å². The molecule has 0 spiro atoms. The SMILES string of the molecule is CN(C[C@@H](O)COc1cccc(-c2noc3ccsc23)c1)c1ccncc1. The van der Waals surface area contributed by atoms with Gasteiger partial charge in [-0.25, -0.2) is 0 Å². The average Bonchev–Trinajstić information content (AvgIpc) is 3.31. The van der Waals surface area contributed by atoms with E-state index in [1.54, 1.807) is 23.7 Å². The van der Waals surface area contributed by atoms with Crippen LogP contribution in [0.1, 0.15) is 0 Å². The normalized spacial score (nSPS) is 12.2. The zero-order chi connectivity index (χ0) is 18.6. The molecule has 0 fully saturated rings. The van der Waals surface area contributed by atoms with Gasteiger partial charge < -0.3 is 19.3 Å². The first kappa shape index (κ1) is 17.5. The van der Waals surface area contributed by atoms with Crippen LogP contribution >= 0.6 is 11.3 Å². The van der Waals surface area contributed by atoms with Gasteiger partial charge in [0.1, 0.15) is 28.9 Å². The molecule has 0 radical (unpaired) electrons. The van der Waals surface area contributed by atoms with Crippen molar-refractivity contribution in [2.75, 3.05) is 25.1 Å². The molecule has 4 rings (SSSR count). The number of aromatic nitrogens is 2. The van der Waals surface area contributed by atoms with E-state index in [1.807, 2.05) is 59.8 Å². The standard InChI is InChI=1S/C20H19N3O3S/c1-23(15-5-8-21-9-6-15)12-16(24)13-25-17-4-2-3-14(11-17)19-20-18(26-22-19)7-10-27-20/h2-11,16,24H,12-13H2,1H3/t16-/m1/s1. The fourth-order valence-electron chi connectivity index (χ4n) is 2.86. The molecule has 0 bridgehead atoms. The lowest BCUT2D eigenvalue weighted by molar-refractivity contribution is 0.113. The molecule has 0 saturated carbocycles. The van der Waals surface area contributed by atoms with Crippen LogP contribution in [0.2, 0.25) is 0 Å². The van der Waals surface area contributed by atoms with Gasteiger partial charge in [0.25, 0.3) is 0 Å². The highest BCUT2D eigenvalue weighted by Gasteiger charge is 2.13. The lowest BCUT2D eigenvalue weighted by atomic mass is 10.1. The van der Waals surface area contributed by atoms with Crippen molar-refractivity contribution in [2.24, 2.45) is 0 Å². The van der Waals surface area contributed by atoms with E-state index in [9.17, 15) is 5.11 Å². The van der Waals surface area contributed by atoms with Gasteiger partial charge in [-0.15, -0.1) is 11.3 Å². The number of pyridine rings is 1. The van der Waals surface area contributed by atoms with Crippen LogP contribution in [-0.2, 0) is 0 Å². The van der Waals surface area contributed by atoms with Crippen molar-refractivity contribution in [1.29, 1.82) is 0 Å². The van der Waals surface area contributed by atoms with Crippen molar-refractivity contribution >= 4 is 27.3 Å². The molecule has 0 aliphatic rings. The highest BCUT2D eigenvalue weighted by atomic mass is 32.1. The predicted octanol–water partition coefficient (Wildman–Crippen LogP) is 3.83. The minimum absolute atomic E-state index is 0.201. The van der Waals surface area contributed by atoms with Gasteiger partial charge in [-0.3, -0.25) is 4.98 Å². The Kier molecular flexibility index (Phi) is 5.04. The number of ether oxygens (including phenoxy) is 1. The summed E-state index contributed by atoms with van der Waals surface area (Å²) in [7, 11) is 1.93. The van der Waals surface area contributed by atoms with Gasteiger partial charge in [0, 0.05) is 37.2 Å². The molecular formula is C20H19N3O3S. The second-order valence-corrected chi connectivity index (χ2v) is 7.14. The third kappa shape index (κ3) is 3.94. The number of hydrogen-bond donors (Lipinski definition) is 1. The summed E-state index contributed by atoms with van der Waals surface area (Å²) in [5.41, 5.74) is 3.52. The number of nitrogens with zero attached hydrogens (tertiary/aromatic N) is 3. The summed E-state index contributed by atoms with van der Waals surface area (Å²) in [6.07, 6.45) is 2.84. The first-order valence-electron chi connectivity index (χ1n) is 8.56. The van der Waals surface area contributed by atoms with Crippen molar-refractivity contribution < 1.29 is 14.4 Å². The fourth-order valence-corrected chi connectivity index (χ4v) is 3.68. The molecule has 0 saturated heterocycles. The quantitative estimate of drug-likeness (QED) is 0.525. The lowest BCUT2D eigenvalue weighted by Gasteiger charge is -2.22. The Labute approximate surface area is 160 Å². The van der Waals surface area contributed by atoms with Crippen LogP contribution in [0.15, 0.2) is 64.8 Å². The molecule has 0 aliphatic heterocycles. The number of fused-ring (bicyclic) bond motifs is 1. The molecule has 6 nitrogen and oxygen atoms in total. The van der Waals surface area contributed by atoms with E-state index in [4.69, 9.17) is 9.26 Å². The van der Waals surface area contributed by atoms with Crippen molar-refractivity contribution in [3.8, 4) is 17.0 Å². The maximum atomic E-state index is 10.3. The second kappa shape index (κ2) is 7.77. The van der Waals surface area contributed by atoms with Crippen molar-refractivity contribution in [1.82, 2.24) is 10.1 Å². The van der Waals surface area contributed by atoms with E-state index in [0.29, 0.717) is 12.3 Å². The molecule has 0 unspecified atom stereocenters. The van der Waals surface area contributed by atoms with Crippen LogP contribution in [-0.4, -0.2) is 41.6 Å². The maximum Gasteiger partial charge on any atom is 0.178 e. The van der Waals surface area contributed by atoms with Gasteiger partial charge in [0.05, 0.1) is 0 Å². The van der Waals surface area contributed by atoms with Gasteiger partial charge in [0.15, 0.2) is 5.58 Å². The van der Waals surface area contributed by atoms with Gasteiger partial charge in [0.2, 0.25) is 0 Å². The van der Waals surface area contributed by atoms with Crippen molar-refractivity contribution in [3.05, 3.63) is 60.2 Å². The molecule has 138 valence electrons. The van der Waals surface area contributed by atoms with E-state index < -0.39 is 6.10 Å². The Hall–Kier alpha value is -2.90. The first-order valence-corrected chi connectivity index (χ1v) is 9.44. The largest absolute Gasteiger partial charge is 0.491 e. The summed E-state index contributed by atoms with van der Waals surface area (Å²) in [5, 5.41) is 16.4. The molecule has 0 amide bonds. The summed E-state index contributed by atoms with van der Waals surface area (Å²) in [6, 6.07) is 13.4. The molecule has 3 heterocycles. The van der Waals surface area contributed by atoms with Gasteiger partial charge in [-0.05, 0) is 35.7 Å². The number of hydrogen-bond acceptors (Lipinski definition) is 7. The van der Waals surface area contributed by atoms with Crippen LogP contribution in [0.3, 0.4) is 0 Å². The summed E-state index contributed by atoms with van der Waals surface area (Å²) >= 11 is 1.60. The zero-order valence-electron chi connectivity index (χ0n) is 14.8. The Morgan fingerprint density at radius 2 is 2.07 bits per heavy atom. The lowest BCUT2D eigenvalue weighted by Crippen LogP contribution is -2.33. The summed E-state index contributed by atoms with van der Waals surface area (Å²) in [6.45, 7) is 0.662. The molecule has 7 heteroatoms. The molecule has 1 atom stereocenters. The van der Waals surface area contributed by atoms with Gasteiger partial charge in [-0.2, -0.15) is 0 Å². The molecule has 1 aromatic carbocycles. The Bertz CT molecular complexity index is 1020. The zero-order valence-corrected chi connectivity index (χ0v) is 15.6. The maximum absolute atomic E-state index is 10.3. The molecule has 4 aromatic rings. The number of aliphatic hydroxyl groups excluding tert-OH is 1. The minimum Gasteiger partial charge on any atom is -0.491 e. The topological polar surface area (TPSA) is 71.6 Å². The fraction of sp³-hybridized carbons (Fsp3) is 0.200. The Morgan fingerprint density at radius 1 is 1.22 bits per heavy atom. The van der Waals surface area contributed by atoms with Crippen LogP contribution in [0.4, 0.5) is 5.69 Å². The van der Waals surface area contributed by atoms with Crippen LogP contribution < -0.4 is 9.64 Å². The number of likely N-dealkylation sites (N-methyl/N-ethyl adjacent to an activating group) is 1. The number of aliphatic hydroxyl groups is 1. The third-order valence-corrected chi connectivity index (χ3v) is 5.12. The highest BCUT2D eigenvalue weighted by Crippen LogP contribution is 2.33. The van der Waals surface area contributed by atoms with E-state index in [-0.39, 0.29) is 6.61 Å². The number of rotatable bonds is 7. The van der Waals surface area contributed by atoms with Crippen molar-refractivity contribution in [2.45, 2.75) is 6.10 Å². The predicted molar refractivity (Wildman–Crippen MR) is 106 cm³/mol. The highest BCUT2D eigenvalue weighted by molar-refractivity contribution is 7.17. The van der Waals surface area contributed by atoms with E-state index in [2.05, 4.69) is 10.1 Å². The minimum atomic E-state index is -0.622. The molecule has 3 aromatic heterocycles. The smallest absolute Gasteiger partial charge is 0.178 e. The van der Waals surface area contributed by atoms with Gasteiger partial charge >= 0.3 is 0 Å². The van der Waals surface area contributed by atoms with Crippen molar-refractivity contribution in [3.63, 3.8) is 0 Å². The molecule has 0 aliphatic carbocycles. The summed E-state index contributed by atoms with van der Waals surface area (Å²) in [5.74, 6) is 0.686. The molecular weight excluding hydrogens is 362 g/mol. The van der Waals surface area contributed by atoms with E-state index in [1.165, 1.54) is 0 Å². The number of benzene rings is 1. The van der Waals surface area contributed by atoms with Crippen LogP contribution in [0, 0.1) is 0 Å². The number of anilines is 1. The second-order valence-electron chi connectivity index (χ2n) is 6.22. The van der Waals surface area contributed by atoms with Gasteiger partial charge in [-0.1, -0.05) is 17.3 Å². The third-order valence-electron chi connectivity index (χ3n) is 4.22.